The Bertz CT molecular complexity index is 1110. The summed E-state index contributed by atoms with van der Waals surface area (Å²) in [5.74, 6) is 0.799. The van der Waals surface area contributed by atoms with Crippen LogP contribution in [-0.2, 0) is 6.54 Å². The van der Waals surface area contributed by atoms with Crippen molar-refractivity contribution in [2.24, 2.45) is 0 Å². The molecule has 0 fully saturated rings. The van der Waals surface area contributed by atoms with Gasteiger partial charge in [-0.15, -0.1) is 10.2 Å². The van der Waals surface area contributed by atoms with Crippen LogP contribution in [0, 0.1) is 0 Å². The Morgan fingerprint density at radius 1 is 1.04 bits per heavy atom. The zero-order valence-corrected chi connectivity index (χ0v) is 15.9. The lowest BCUT2D eigenvalue weighted by molar-refractivity contribution is 0.191. The van der Waals surface area contributed by atoms with Crippen LogP contribution in [0.4, 0.5) is 0 Å². The third kappa shape index (κ3) is 3.65. The van der Waals surface area contributed by atoms with Crippen LogP contribution in [0.15, 0.2) is 54.6 Å². The van der Waals surface area contributed by atoms with Crippen LogP contribution in [0.25, 0.3) is 33.1 Å². The third-order valence-corrected chi connectivity index (χ3v) is 4.64. The number of benzene rings is 2. The molecule has 1 atom stereocenters. The number of hydrogen-bond donors (Lipinski definition) is 2. The molecule has 0 spiro atoms. The SMILES string of the molecule is COc1ccc(-c2cc3nc(CNCC(C)O)c4ccccc4c3nn2)cc1. The Hall–Kier alpha value is -3.09. The number of aliphatic hydroxyl groups is 1. The van der Waals surface area contributed by atoms with Gasteiger partial charge in [-0.25, -0.2) is 4.98 Å². The van der Waals surface area contributed by atoms with E-state index in [-0.39, 0.29) is 0 Å². The lowest BCUT2D eigenvalue weighted by Gasteiger charge is -2.11. The number of pyridine rings is 1. The monoisotopic (exact) mass is 374 g/mol. The van der Waals surface area contributed by atoms with Crippen LogP contribution in [0.3, 0.4) is 0 Å². The maximum absolute atomic E-state index is 9.51. The molecule has 0 aliphatic carbocycles. The van der Waals surface area contributed by atoms with Crippen LogP contribution < -0.4 is 10.1 Å². The van der Waals surface area contributed by atoms with Gasteiger partial charge in [0.1, 0.15) is 11.3 Å². The van der Waals surface area contributed by atoms with Gasteiger partial charge in [0.05, 0.1) is 30.1 Å². The molecule has 142 valence electrons. The van der Waals surface area contributed by atoms with Crippen LogP contribution in [-0.4, -0.2) is 40.0 Å². The van der Waals surface area contributed by atoms with Crippen molar-refractivity contribution in [2.45, 2.75) is 19.6 Å². The second-order valence-corrected chi connectivity index (χ2v) is 6.78. The lowest BCUT2D eigenvalue weighted by Crippen LogP contribution is -2.24. The fourth-order valence-electron chi connectivity index (χ4n) is 3.24. The molecule has 2 N–H and O–H groups in total. The van der Waals surface area contributed by atoms with Crippen molar-refractivity contribution in [2.75, 3.05) is 13.7 Å². The molecule has 2 aromatic heterocycles. The van der Waals surface area contributed by atoms with E-state index in [2.05, 4.69) is 15.5 Å². The molecule has 0 amide bonds. The Kier molecular flexibility index (Phi) is 5.14. The number of aliphatic hydroxyl groups excluding tert-OH is 1. The van der Waals surface area contributed by atoms with Gasteiger partial charge < -0.3 is 15.2 Å². The molecule has 4 aromatic rings. The van der Waals surface area contributed by atoms with Gasteiger partial charge in [0.2, 0.25) is 0 Å². The number of rotatable bonds is 6. The van der Waals surface area contributed by atoms with Crippen molar-refractivity contribution in [1.82, 2.24) is 20.5 Å². The molecule has 6 heteroatoms. The molecule has 28 heavy (non-hydrogen) atoms. The maximum Gasteiger partial charge on any atom is 0.119 e. The summed E-state index contributed by atoms with van der Waals surface area (Å²) in [6.45, 7) is 2.84. The number of methoxy groups -OCH3 is 1. The number of ether oxygens (including phenoxy) is 1. The fraction of sp³-hybridized carbons (Fsp3) is 0.227. The highest BCUT2D eigenvalue weighted by molar-refractivity contribution is 6.04. The Morgan fingerprint density at radius 2 is 1.79 bits per heavy atom. The zero-order valence-electron chi connectivity index (χ0n) is 15.9. The maximum atomic E-state index is 9.51. The molecule has 0 aliphatic rings. The quantitative estimate of drug-likeness (QED) is 0.504. The molecule has 4 rings (SSSR count). The van der Waals surface area contributed by atoms with E-state index in [0.717, 1.165) is 44.5 Å². The van der Waals surface area contributed by atoms with Gasteiger partial charge >= 0.3 is 0 Å². The molecule has 2 heterocycles. The van der Waals surface area contributed by atoms with Crippen molar-refractivity contribution < 1.29 is 9.84 Å². The Balaban J connectivity index is 1.79. The van der Waals surface area contributed by atoms with Crippen molar-refractivity contribution >= 4 is 21.8 Å². The summed E-state index contributed by atoms with van der Waals surface area (Å²) >= 11 is 0. The number of nitrogens with one attached hydrogen (secondary N) is 1. The normalized spacial score (nSPS) is 12.4. The number of aromatic nitrogens is 3. The fourth-order valence-corrected chi connectivity index (χ4v) is 3.24. The molecule has 1 unspecified atom stereocenters. The van der Waals surface area contributed by atoms with Gasteiger partial charge in [-0.05, 0) is 37.3 Å². The number of nitrogens with zero attached hydrogens (tertiary/aromatic N) is 3. The molecular formula is C22H22N4O2. The zero-order chi connectivity index (χ0) is 19.5. The standard InChI is InChI=1S/C22H22N4O2/c1-14(27)12-23-13-21-17-5-3-4-6-18(17)22-20(24-21)11-19(25-26-22)15-7-9-16(28-2)10-8-15/h3-11,14,23,27H,12-13H2,1-2H3. The summed E-state index contributed by atoms with van der Waals surface area (Å²) in [7, 11) is 1.65. The smallest absolute Gasteiger partial charge is 0.119 e. The minimum absolute atomic E-state index is 0.403. The van der Waals surface area contributed by atoms with E-state index in [4.69, 9.17) is 9.72 Å². The van der Waals surface area contributed by atoms with E-state index in [0.29, 0.717) is 13.1 Å². The molecule has 0 saturated carbocycles. The van der Waals surface area contributed by atoms with Gasteiger partial charge in [-0.3, -0.25) is 0 Å². The highest BCUT2D eigenvalue weighted by Crippen LogP contribution is 2.27. The first-order valence-corrected chi connectivity index (χ1v) is 9.24. The summed E-state index contributed by atoms with van der Waals surface area (Å²) in [5, 5.41) is 23.7. The van der Waals surface area contributed by atoms with E-state index in [9.17, 15) is 5.11 Å². The summed E-state index contributed by atoms with van der Waals surface area (Å²) in [5.41, 5.74) is 4.23. The van der Waals surface area contributed by atoms with E-state index < -0.39 is 6.10 Å². The largest absolute Gasteiger partial charge is 0.497 e. The first-order chi connectivity index (χ1) is 13.7. The topological polar surface area (TPSA) is 80.2 Å². The molecular weight excluding hydrogens is 352 g/mol. The second kappa shape index (κ2) is 7.88. The predicted octanol–water partition coefficient (Wildman–Crippen LogP) is 3.32. The van der Waals surface area contributed by atoms with E-state index >= 15 is 0 Å². The van der Waals surface area contributed by atoms with Crippen molar-refractivity contribution in [1.29, 1.82) is 0 Å². The summed E-state index contributed by atoms with van der Waals surface area (Å²) in [6.07, 6.45) is -0.403. The van der Waals surface area contributed by atoms with Crippen LogP contribution in [0.1, 0.15) is 12.6 Å². The van der Waals surface area contributed by atoms with Gasteiger partial charge in [0, 0.05) is 29.4 Å². The van der Waals surface area contributed by atoms with E-state index in [1.807, 2.05) is 54.6 Å². The third-order valence-electron chi connectivity index (χ3n) is 4.64. The van der Waals surface area contributed by atoms with Crippen LogP contribution >= 0.6 is 0 Å². The minimum atomic E-state index is -0.403. The van der Waals surface area contributed by atoms with Crippen LogP contribution in [0.2, 0.25) is 0 Å². The first kappa shape index (κ1) is 18.3. The van der Waals surface area contributed by atoms with E-state index in [1.54, 1.807) is 14.0 Å². The average Bonchev–Trinajstić information content (AvgIpc) is 2.73. The molecule has 6 nitrogen and oxygen atoms in total. The lowest BCUT2D eigenvalue weighted by atomic mass is 10.1. The molecule has 0 radical (unpaired) electrons. The first-order valence-electron chi connectivity index (χ1n) is 9.24. The highest BCUT2D eigenvalue weighted by atomic mass is 16.5. The molecule has 0 saturated heterocycles. The molecule has 0 aliphatic heterocycles. The summed E-state index contributed by atoms with van der Waals surface area (Å²) < 4.78 is 5.22. The van der Waals surface area contributed by atoms with Gasteiger partial charge in [0.25, 0.3) is 0 Å². The van der Waals surface area contributed by atoms with E-state index in [1.165, 1.54) is 0 Å². The van der Waals surface area contributed by atoms with Crippen LogP contribution in [0.5, 0.6) is 5.75 Å². The number of hydrogen-bond acceptors (Lipinski definition) is 6. The van der Waals surface area contributed by atoms with Crippen molar-refractivity contribution in [3.8, 4) is 17.0 Å². The minimum Gasteiger partial charge on any atom is -0.497 e. The highest BCUT2D eigenvalue weighted by Gasteiger charge is 2.12. The molecule has 2 aromatic carbocycles. The summed E-state index contributed by atoms with van der Waals surface area (Å²) in [4.78, 5) is 4.85. The summed E-state index contributed by atoms with van der Waals surface area (Å²) in [6, 6.07) is 17.8. The van der Waals surface area contributed by atoms with Crippen molar-refractivity contribution in [3.63, 3.8) is 0 Å². The molecule has 0 bridgehead atoms. The van der Waals surface area contributed by atoms with Gasteiger partial charge in [-0.2, -0.15) is 0 Å². The predicted molar refractivity (Wildman–Crippen MR) is 110 cm³/mol. The van der Waals surface area contributed by atoms with Gasteiger partial charge in [-0.1, -0.05) is 24.3 Å². The average molecular weight is 374 g/mol. The van der Waals surface area contributed by atoms with Gasteiger partial charge in [0.15, 0.2) is 0 Å². The Labute approximate surface area is 163 Å². The van der Waals surface area contributed by atoms with Crippen molar-refractivity contribution in [3.05, 3.63) is 60.3 Å². The second-order valence-electron chi connectivity index (χ2n) is 6.78. The Morgan fingerprint density at radius 3 is 2.50 bits per heavy atom. The number of fused-ring (bicyclic) bond motifs is 3.